The Labute approximate surface area is 146 Å². The molecule has 0 aliphatic carbocycles. The van der Waals surface area contributed by atoms with E-state index in [2.05, 4.69) is 13.8 Å². The molecule has 0 bridgehead atoms. The van der Waals surface area contributed by atoms with Gasteiger partial charge in [-0.1, -0.05) is 32.9 Å². The zero-order valence-electron chi connectivity index (χ0n) is 14.9. The SMILES string of the molecule is CCC(Oc1cccc(C)c1)C(=O)N(C)CCC(N)C(C)C.Cl. The number of nitrogens with two attached hydrogens (primary N) is 1. The van der Waals surface area contributed by atoms with Crippen LogP contribution >= 0.6 is 12.4 Å². The molecule has 0 aliphatic rings. The summed E-state index contributed by atoms with van der Waals surface area (Å²) in [5, 5.41) is 0. The summed E-state index contributed by atoms with van der Waals surface area (Å²) in [6.45, 7) is 8.83. The number of hydrogen-bond acceptors (Lipinski definition) is 3. The lowest BCUT2D eigenvalue weighted by Gasteiger charge is -2.25. The zero-order chi connectivity index (χ0) is 16.7. The van der Waals surface area contributed by atoms with Crippen LogP contribution in [-0.4, -0.2) is 36.5 Å². The average Bonchev–Trinajstić information content (AvgIpc) is 2.49. The van der Waals surface area contributed by atoms with Gasteiger partial charge in [-0.25, -0.2) is 0 Å². The van der Waals surface area contributed by atoms with Crippen LogP contribution in [0.15, 0.2) is 24.3 Å². The second-order valence-corrected chi connectivity index (χ2v) is 6.29. The first-order chi connectivity index (χ1) is 10.3. The third-order valence-corrected chi connectivity index (χ3v) is 3.94. The first-order valence-corrected chi connectivity index (χ1v) is 8.09. The van der Waals surface area contributed by atoms with Crippen LogP contribution in [-0.2, 0) is 4.79 Å². The lowest BCUT2D eigenvalue weighted by Crippen LogP contribution is -2.41. The fourth-order valence-corrected chi connectivity index (χ4v) is 2.19. The maximum absolute atomic E-state index is 12.5. The summed E-state index contributed by atoms with van der Waals surface area (Å²) < 4.78 is 5.86. The van der Waals surface area contributed by atoms with E-state index in [9.17, 15) is 4.79 Å². The molecule has 0 saturated heterocycles. The largest absolute Gasteiger partial charge is 0.481 e. The molecule has 0 spiro atoms. The van der Waals surface area contributed by atoms with Crippen molar-refractivity contribution in [2.75, 3.05) is 13.6 Å². The van der Waals surface area contributed by atoms with Crippen LogP contribution in [0.1, 0.15) is 39.2 Å². The van der Waals surface area contributed by atoms with Crippen molar-refractivity contribution in [2.24, 2.45) is 11.7 Å². The molecule has 2 N–H and O–H groups in total. The van der Waals surface area contributed by atoms with Gasteiger partial charge in [0.25, 0.3) is 5.91 Å². The molecule has 1 aromatic carbocycles. The van der Waals surface area contributed by atoms with Crippen LogP contribution in [0.2, 0.25) is 0 Å². The van der Waals surface area contributed by atoms with Crippen LogP contribution < -0.4 is 10.5 Å². The van der Waals surface area contributed by atoms with E-state index in [-0.39, 0.29) is 24.4 Å². The second-order valence-electron chi connectivity index (χ2n) is 6.29. The summed E-state index contributed by atoms with van der Waals surface area (Å²) in [6, 6.07) is 7.90. The summed E-state index contributed by atoms with van der Waals surface area (Å²) in [5.41, 5.74) is 7.17. The highest BCUT2D eigenvalue weighted by Crippen LogP contribution is 2.16. The van der Waals surface area contributed by atoms with Crippen molar-refractivity contribution in [3.05, 3.63) is 29.8 Å². The van der Waals surface area contributed by atoms with Crippen molar-refractivity contribution >= 4 is 18.3 Å². The second kappa shape index (κ2) is 10.5. The Morgan fingerprint density at radius 3 is 2.52 bits per heavy atom. The summed E-state index contributed by atoms with van der Waals surface area (Å²) in [5.74, 6) is 1.18. The molecule has 0 aliphatic heterocycles. The Bertz CT molecular complexity index is 480. The third kappa shape index (κ3) is 7.23. The van der Waals surface area contributed by atoms with Crippen LogP contribution in [0.3, 0.4) is 0 Å². The molecule has 1 aromatic rings. The highest BCUT2D eigenvalue weighted by molar-refractivity contribution is 5.85. The van der Waals surface area contributed by atoms with Gasteiger partial charge in [-0.2, -0.15) is 0 Å². The molecule has 23 heavy (non-hydrogen) atoms. The predicted octanol–water partition coefficient (Wildman–Crippen LogP) is 3.41. The molecule has 5 heteroatoms. The van der Waals surface area contributed by atoms with Crippen LogP contribution in [0.25, 0.3) is 0 Å². The van der Waals surface area contributed by atoms with Crippen LogP contribution in [0, 0.1) is 12.8 Å². The highest BCUT2D eigenvalue weighted by Gasteiger charge is 2.22. The number of rotatable bonds is 8. The van der Waals surface area contributed by atoms with E-state index >= 15 is 0 Å². The van der Waals surface area contributed by atoms with E-state index in [0.717, 1.165) is 17.7 Å². The van der Waals surface area contributed by atoms with E-state index < -0.39 is 6.10 Å². The molecule has 1 rings (SSSR count). The molecule has 0 radical (unpaired) electrons. The fourth-order valence-electron chi connectivity index (χ4n) is 2.19. The standard InChI is InChI=1S/C18H30N2O2.ClH/c1-6-17(22-15-9-7-8-14(4)12-15)18(21)20(5)11-10-16(19)13(2)3;/h7-9,12-13,16-17H,6,10-11,19H2,1-5H3;1H. The number of likely N-dealkylation sites (N-methyl/N-ethyl adjacent to an activating group) is 1. The van der Waals surface area contributed by atoms with Gasteiger partial charge in [0.05, 0.1) is 0 Å². The monoisotopic (exact) mass is 342 g/mol. The number of hydrogen-bond donors (Lipinski definition) is 1. The van der Waals surface area contributed by atoms with Gasteiger partial charge in [0.15, 0.2) is 6.10 Å². The average molecular weight is 343 g/mol. The minimum Gasteiger partial charge on any atom is -0.481 e. The molecule has 132 valence electrons. The van der Waals surface area contributed by atoms with Gasteiger partial charge in [0, 0.05) is 19.6 Å². The van der Waals surface area contributed by atoms with Crippen molar-refractivity contribution in [1.82, 2.24) is 4.90 Å². The number of halogens is 1. The Balaban J connectivity index is 0.00000484. The number of amides is 1. The first kappa shape index (κ1) is 21.7. The first-order valence-electron chi connectivity index (χ1n) is 8.09. The van der Waals surface area contributed by atoms with E-state index in [1.807, 2.05) is 45.2 Å². The number of ether oxygens (including phenoxy) is 1. The summed E-state index contributed by atoms with van der Waals surface area (Å²) in [4.78, 5) is 14.2. The molecule has 0 aromatic heterocycles. The van der Waals surface area contributed by atoms with Gasteiger partial charge in [0.1, 0.15) is 5.75 Å². The van der Waals surface area contributed by atoms with E-state index in [0.29, 0.717) is 18.9 Å². The quantitative estimate of drug-likeness (QED) is 0.787. The Morgan fingerprint density at radius 1 is 1.35 bits per heavy atom. The summed E-state index contributed by atoms with van der Waals surface area (Å²) in [6.07, 6.45) is 1.01. The van der Waals surface area contributed by atoms with Gasteiger partial charge in [0.2, 0.25) is 0 Å². The summed E-state index contributed by atoms with van der Waals surface area (Å²) in [7, 11) is 1.82. The van der Waals surface area contributed by atoms with Gasteiger partial charge >= 0.3 is 0 Å². The van der Waals surface area contributed by atoms with Gasteiger partial charge in [-0.15, -0.1) is 12.4 Å². The lowest BCUT2D eigenvalue weighted by atomic mass is 10.0. The molecule has 2 unspecified atom stereocenters. The Hall–Kier alpha value is -1.26. The van der Waals surface area contributed by atoms with Crippen molar-refractivity contribution in [3.8, 4) is 5.75 Å². The normalized spacial score (nSPS) is 13.2. The maximum Gasteiger partial charge on any atom is 0.263 e. The predicted molar refractivity (Wildman–Crippen MR) is 98.2 cm³/mol. The maximum atomic E-state index is 12.5. The molecule has 0 saturated carbocycles. The summed E-state index contributed by atoms with van der Waals surface area (Å²) >= 11 is 0. The zero-order valence-corrected chi connectivity index (χ0v) is 15.7. The Morgan fingerprint density at radius 2 is 2.00 bits per heavy atom. The van der Waals surface area contributed by atoms with Crippen molar-refractivity contribution in [3.63, 3.8) is 0 Å². The minimum absolute atomic E-state index is 0. The van der Waals surface area contributed by atoms with E-state index in [4.69, 9.17) is 10.5 Å². The molecule has 0 heterocycles. The molecule has 1 amide bonds. The molecular weight excluding hydrogens is 312 g/mol. The van der Waals surface area contributed by atoms with Crippen molar-refractivity contribution < 1.29 is 9.53 Å². The highest BCUT2D eigenvalue weighted by atomic mass is 35.5. The fraction of sp³-hybridized carbons (Fsp3) is 0.611. The van der Waals surface area contributed by atoms with Crippen molar-refractivity contribution in [2.45, 2.75) is 52.7 Å². The van der Waals surface area contributed by atoms with Gasteiger partial charge < -0.3 is 15.4 Å². The number of carbonyl (C=O) groups excluding carboxylic acids is 1. The van der Waals surface area contributed by atoms with Crippen LogP contribution in [0.4, 0.5) is 0 Å². The van der Waals surface area contributed by atoms with Crippen molar-refractivity contribution in [1.29, 1.82) is 0 Å². The van der Waals surface area contributed by atoms with Gasteiger partial charge in [-0.3, -0.25) is 4.79 Å². The molecule has 2 atom stereocenters. The van der Waals surface area contributed by atoms with E-state index in [1.165, 1.54) is 0 Å². The lowest BCUT2D eigenvalue weighted by molar-refractivity contribution is -0.137. The van der Waals surface area contributed by atoms with E-state index in [1.54, 1.807) is 4.90 Å². The topological polar surface area (TPSA) is 55.6 Å². The number of benzene rings is 1. The minimum atomic E-state index is -0.443. The van der Waals surface area contributed by atoms with Gasteiger partial charge in [-0.05, 0) is 43.4 Å². The smallest absolute Gasteiger partial charge is 0.263 e. The number of carbonyl (C=O) groups is 1. The number of nitrogens with zero attached hydrogens (tertiary/aromatic N) is 1. The number of aryl methyl sites for hydroxylation is 1. The Kier molecular flexibility index (Phi) is 9.93. The third-order valence-electron chi connectivity index (χ3n) is 3.94. The molecular formula is C18H31ClN2O2. The van der Waals surface area contributed by atoms with Crippen LogP contribution in [0.5, 0.6) is 5.75 Å². The molecule has 0 fully saturated rings. The molecule has 4 nitrogen and oxygen atoms in total.